The Bertz CT molecular complexity index is 1150. The highest BCUT2D eigenvalue weighted by molar-refractivity contribution is 7.47. The van der Waals surface area contributed by atoms with Crippen molar-refractivity contribution in [3.05, 3.63) is 48.6 Å². The van der Waals surface area contributed by atoms with Gasteiger partial charge in [-0.05, 0) is 38.5 Å². The Morgan fingerprint density at radius 2 is 1.17 bits per heavy atom. The lowest BCUT2D eigenvalue weighted by atomic mass is 10.0. The Labute approximate surface area is 353 Å². The maximum absolute atomic E-state index is 12.7. The van der Waals surface area contributed by atoms with Gasteiger partial charge in [-0.2, -0.15) is 0 Å². The lowest BCUT2D eigenvalue weighted by Crippen LogP contribution is -2.37. The van der Waals surface area contributed by atoms with Crippen LogP contribution in [0.4, 0.5) is 0 Å². The molecule has 0 saturated heterocycles. The first kappa shape index (κ1) is 55.9. The molecule has 0 aromatic heterocycles. The number of carbonyl (C=O) groups excluding carboxylic acids is 2. The van der Waals surface area contributed by atoms with E-state index in [1.807, 2.05) is 57.6 Å². The number of phosphoric acid groups is 1. The molecule has 0 rings (SSSR count). The molecule has 0 bridgehead atoms. The van der Waals surface area contributed by atoms with Crippen molar-refractivity contribution >= 4 is 19.8 Å². The van der Waals surface area contributed by atoms with Crippen molar-refractivity contribution in [2.45, 2.75) is 187 Å². The second kappa shape index (κ2) is 39.1. The molecule has 0 aromatic rings. The second-order valence-corrected chi connectivity index (χ2v) is 17.8. The zero-order valence-corrected chi connectivity index (χ0v) is 38.2. The van der Waals surface area contributed by atoms with Crippen LogP contribution in [0, 0.1) is 0 Å². The molecule has 0 amide bonds. The van der Waals surface area contributed by atoms with E-state index >= 15 is 0 Å². The largest absolute Gasteiger partial charge is 0.472 e. The number of ether oxygens (including phenoxy) is 2. The fourth-order valence-electron chi connectivity index (χ4n) is 5.96. The topological polar surface area (TPSA) is 138 Å². The zero-order valence-electron chi connectivity index (χ0n) is 37.3. The van der Waals surface area contributed by atoms with E-state index in [-0.39, 0.29) is 32.2 Å². The van der Waals surface area contributed by atoms with Crippen molar-refractivity contribution in [3.8, 4) is 0 Å². The van der Waals surface area contributed by atoms with E-state index in [4.69, 9.17) is 23.8 Å². The summed E-state index contributed by atoms with van der Waals surface area (Å²) < 4.78 is 34.2. The first-order valence-electron chi connectivity index (χ1n) is 22.6. The molecule has 0 heterocycles. The summed E-state index contributed by atoms with van der Waals surface area (Å²) in [6.45, 7) is 4.19. The van der Waals surface area contributed by atoms with Crippen molar-refractivity contribution in [2.75, 3.05) is 47.5 Å². The van der Waals surface area contributed by atoms with Gasteiger partial charge in [-0.15, -0.1) is 0 Å². The van der Waals surface area contributed by atoms with Gasteiger partial charge in [0.25, 0.3) is 0 Å². The number of hydrogen-bond acceptors (Lipinski definition) is 9. The lowest BCUT2D eigenvalue weighted by molar-refractivity contribution is -0.870. The number of hydrogen-bond donors (Lipinski definition) is 2. The average Bonchev–Trinajstić information content (AvgIpc) is 3.17. The monoisotopic (exact) mass is 843 g/mol. The van der Waals surface area contributed by atoms with Crippen LogP contribution in [0.25, 0.3) is 0 Å². The van der Waals surface area contributed by atoms with E-state index in [0.717, 1.165) is 57.8 Å². The molecule has 0 aliphatic carbocycles. The fourth-order valence-corrected chi connectivity index (χ4v) is 6.70. The maximum atomic E-state index is 12.7. The normalized spacial score (nSPS) is 14.5. The molecule has 58 heavy (non-hydrogen) atoms. The number of rotatable bonds is 41. The molecule has 3 unspecified atom stereocenters. The van der Waals surface area contributed by atoms with E-state index in [1.54, 1.807) is 0 Å². The second-order valence-electron chi connectivity index (χ2n) is 16.4. The van der Waals surface area contributed by atoms with Crippen LogP contribution in [0.2, 0.25) is 0 Å². The Balaban J connectivity index is 4.51. The minimum Gasteiger partial charge on any atom is -0.462 e. The van der Waals surface area contributed by atoms with Gasteiger partial charge in [0.15, 0.2) is 6.10 Å². The van der Waals surface area contributed by atoms with Gasteiger partial charge in [0.2, 0.25) is 0 Å². The number of carbonyl (C=O) groups is 2. The molecule has 12 heteroatoms. The molecule has 0 aliphatic heterocycles. The fraction of sp³-hybridized carbons (Fsp3) is 0.783. The van der Waals surface area contributed by atoms with Crippen LogP contribution in [0.15, 0.2) is 48.6 Å². The van der Waals surface area contributed by atoms with E-state index < -0.39 is 32.5 Å². The summed E-state index contributed by atoms with van der Waals surface area (Å²) in [5.74, 6) is -0.897. The minimum atomic E-state index is -4.40. The molecule has 0 saturated carbocycles. The number of likely N-dealkylation sites (N-methyl/N-ethyl adjacent to an activating group) is 1. The van der Waals surface area contributed by atoms with E-state index in [9.17, 15) is 19.0 Å². The Morgan fingerprint density at radius 1 is 0.638 bits per heavy atom. The van der Waals surface area contributed by atoms with Crippen LogP contribution in [0.5, 0.6) is 0 Å². The van der Waals surface area contributed by atoms with Crippen LogP contribution in [-0.2, 0) is 37.6 Å². The standard InChI is InChI=1S/C46H84NO10P/c1-6-8-10-11-12-13-14-15-16-17-20-23-26-29-33-37-45(48)53-41-44(42-55-58(51,52)54-40-39-47(3,4)5)56-46(49)38-34-30-27-24-21-18-19-22-25-28-32-36-43(57-50)35-31-9-7-2/h18-19,24-25,27-28,32,36,43-44H,6-17,20-23,26,29-31,33-35,37-42H2,1-5H3,(H-,50,51,52)/p+1. The zero-order chi connectivity index (χ0) is 43.0. The summed E-state index contributed by atoms with van der Waals surface area (Å²) in [4.78, 5) is 39.9. The highest BCUT2D eigenvalue weighted by Gasteiger charge is 2.27. The third kappa shape index (κ3) is 40.7. The van der Waals surface area contributed by atoms with Crippen LogP contribution < -0.4 is 0 Å². The lowest BCUT2D eigenvalue weighted by Gasteiger charge is -2.24. The summed E-state index contributed by atoms with van der Waals surface area (Å²) in [7, 11) is 1.40. The van der Waals surface area contributed by atoms with Crippen molar-refractivity contribution < 1.29 is 52.2 Å². The summed E-state index contributed by atoms with van der Waals surface area (Å²) in [5.41, 5.74) is 0. The predicted octanol–water partition coefficient (Wildman–Crippen LogP) is 12.2. The smallest absolute Gasteiger partial charge is 0.462 e. The molecular formula is C46H85NO10P+. The number of phosphoric ester groups is 1. The third-order valence-corrected chi connectivity index (χ3v) is 10.6. The summed E-state index contributed by atoms with van der Waals surface area (Å²) >= 11 is 0. The molecule has 338 valence electrons. The molecular weight excluding hydrogens is 757 g/mol. The van der Waals surface area contributed by atoms with Gasteiger partial charge in [-0.3, -0.25) is 23.9 Å². The first-order chi connectivity index (χ1) is 27.9. The number of esters is 2. The van der Waals surface area contributed by atoms with Crippen LogP contribution in [0.3, 0.4) is 0 Å². The molecule has 0 aliphatic rings. The number of nitrogens with zero attached hydrogens (tertiary/aromatic N) is 1. The predicted molar refractivity (Wildman–Crippen MR) is 236 cm³/mol. The van der Waals surface area contributed by atoms with E-state index in [2.05, 4.69) is 30.9 Å². The Hall–Kier alpha value is -2.11. The van der Waals surface area contributed by atoms with Crippen molar-refractivity contribution in [2.24, 2.45) is 0 Å². The molecule has 2 N–H and O–H groups in total. The van der Waals surface area contributed by atoms with Gasteiger partial charge in [-0.25, -0.2) is 9.45 Å². The van der Waals surface area contributed by atoms with Gasteiger partial charge in [0.1, 0.15) is 25.9 Å². The van der Waals surface area contributed by atoms with Gasteiger partial charge < -0.3 is 18.9 Å². The van der Waals surface area contributed by atoms with Gasteiger partial charge >= 0.3 is 19.8 Å². The Kier molecular flexibility index (Phi) is 37.6. The number of unbranched alkanes of at least 4 members (excludes halogenated alkanes) is 17. The molecule has 0 fully saturated rings. The molecule has 11 nitrogen and oxygen atoms in total. The summed E-state index contributed by atoms with van der Waals surface area (Å²) in [6.07, 6.45) is 40.5. The quantitative estimate of drug-likeness (QED) is 0.00894. The van der Waals surface area contributed by atoms with E-state index in [1.165, 1.54) is 77.0 Å². The molecule has 0 spiro atoms. The van der Waals surface area contributed by atoms with Crippen molar-refractivity contribution in [3.63, 3.8) is 0 Å². The van der Waals surface area contributed by atoms with Gasteiger partial charge in [-0.1, -0.05) is 172 Å². The minimum absolute atomic E-state index is 0.00982. The molecule has 3 atom stereocenters. The third-order valence-electron chi connectivity index (χ3n) is 9.58. The SMILES string of the molecule is CCCCCCCCCCCCCCCCCC(=O)OCC(COP(=O)(O)OCC[N+](C)(C)C)OC(=O)CCCC=CCC=CCC=CC=CC(CCCCC)OO. The highest BCUT2D eigenvalue weighted by atomic mass is 31.2. The highest BCUT2D eigenvalue weighted by Crippen LogP contribution is 2.43. The van der Waals surface area contributed by atoms with Crippen LogP contribution in [0.1, 0.15) is 174 Å². The van der Waals surface area contributed by atoms with Crippen molar-refractivity contribution in [1.82, 2.24) is 0 Å². The number of allylic oxidation sites excluding steroid dienone is 7. The first-order valence-corrected chi connectivity index (χ1v) is 24.1. The van der Waals surface area contributed by atoms with E-state index in [0.29, 0.717) is 23.9 Å². The maximum Gasteiger partial charge on any atom is 0.472 e. The van der Waals surface area contributed by atoms with Crippen LogP contribution in [-0.4, -0.2) is 86.3 Å². The van der Waals surface area contributed by atoms with Crippen LogP contribution >= 0.6 is 7.82 Å². The van der Waals surface area contributed by atoms with Gasteiger partial charge in [0.05, 0.1) is 27.7 Å². The summed E-state index contributed by atoms with van der Waals surface area (Å²) in [6, 6.07) is 0. The summed E-state index contributed by atoms with van der Waals surface area (Å²) in [5, 5.41) is 9.01. The van der Waals surface area contributed by atoms with Crippen molar-refractivity contribution in [1.29, 1.82) is 0 Å². The Morgan fingerprint density at radius 3 is 1.76 bits per heavy atom. The van der Waals surface area contributed by atoms with Gasteiger partial charge in [0, 0.05) is 12.8 Å². The average molecular weight is 843 g/mol. The molecule has 0 aromatic carbocycles. The number of quaternary nitrogens is 1. The molecule has 0 radical (unpaired) electrons.